The van der Waals surface area contributed by atoms with Crippen LogP contribution >= 0.6 is 11.6 Å². The number of pyridine rings is 1. The van der Waals surface area contributed by atoms with Crippen molar-refractivity contribution >= 4 is 29.3 Å². The second-order valence-corrected chi connectivity index (χ2v) is 19.5. The monoisotopic (exact) mass is 724 g/mol. The molecule has 51 heavy (non-hydrogen) atoms. The first-order valence-corrected chi connectivity index (χ1v) is 19.9. The number of hydrogen-bond donors (Lipinski definition) is 3. The first-order chi connectivity index (χ1) is 23.8. The Morgan fingerprint density at radius 2 is 1.73 bits per heavy atom. The Bertz CT molecular complexity index is 1570. The number of aliphatic carboxylic acids is 1. The number of ether oxygens (including phenoxy) is 1. The van der Waals surface area contributed by atoms with Gasteiger partial charge in [0.2, 0.25) is 0 Å². The second kappa shape index (κ2) is 13.5. The number of Topliss-reactive ketones (excluding diaryl/α,β-unsaturated/α-hetero) is 1. The highest BCUT2D eigenvalue weighted by Crippen LogP contribution is 2.73. The highest BCUT2D eigenvalue weighted by atomic mass is 35.5. The maximum atomic E-state index is 13.9. The Kier molecular flexibility index (Phi) is 10.2. The molecule has 0 aliphatic heterocycles. The number of aromatic nitrogens is 1. The van der Waals surface area contributed by atoms with Crippen molar-refractivity contribution in [3.63, 3.8) is 0 Å². The molecule has 4 fully saturated rings. The molecule has 9 atom stereocenters. The zero-order chi connectivity index (χ0) is 37.3. The van der Waals surface area contributed by atoms with Gasteiger partial charge in [-0.05, 0) is 123 Å². The largest absolute Gasteiger partial charge is 0.481 e. The molecule has 282 valence electrons. The van der Waals surface area contributed by atoms with Gasteiger partial charge in [0, 0.05) is 36.5 Å². The number of hydrogen-bond acceptors (Lipinski definition) is 7. The topological polar surface area (TPSA) is 126 Å². The molecule has 0 amide bonds. The van der Waals surface area contributed by atoms with E-state index in [4.69, 9.17) is 16.3 Å². The van der Waals surface area contributed by atoms with Crippen molar-refractivity contribution in [3.05, 3.63) is 40.2 Å². The number of nitrogens with zero attached hydrogens (tertiary/aromatic N) is 1. The highest BCUT2D eigenvalue weighted by Gasteiger charge is 2.67. The van der Waals surface area contributed by atoms with Crippen LogP contribution in [0.2, 0.25) is 5.02 Å². The van der Waals surface area contributed by atoms with Gasteiger partial charge >= 0.3 is 11.9 Å². The molecule has 9 heteroatoms. The van der Waals surface area contributed by atoms with Crippen molar-refractivity contribution in [2.45, 2.75) is 138 Å². The smallest absolute Gasteiger partial charge is 0.309 e. The Morgan fingerprint density at radius 3 is 2.37 bits per heavy atom. The molecular formula is C42H61ClN2O6. The number of allylic oxidation sites excluding steroid dienone is 1. The summed E-state index contributed by atoms with van der Waals surface area (Å²) in [6, 6.07) is 3.72. The van der Waals surface area contributed by atoms with Gasteiger partial charge in [-0.25, -0.2) is 0 Å². The van der Waals surface area contributed by atoms with Crippen LogP contribution in [0.15, 0.2) is 29.5 Å². The summed E-state index contributed by atoms with van der Waals surface area (Å²) in [6.45, 7) is 17.9. The molecule has 1 heterocycles. The van der Waals surface area contributed by atoms with Gasteiger partial charge in [-0.2, -0.15) is 0 Å². The van der Waals surface area contributed by atoms with Gasteiger partial charge in [0.05, 0.1) is 28.7 Å². The van der Waals surface area contributed by atoms with E-state index in [1.165, 1.54) is 5.57 Å². The summed E-state index contributed by atoms with van der Waals surface area (Å²) in [7, 11) is 0. The minimum absolute atomic E-state index is 0.0825. The van der Waals surface area contributed by atoms with Crippen LogP contribution in [-0.4, -0.2) is 51.7 Å². The summed E-state index contributed by atoms with van der Waals surface area (Å²) in [5.74, 6) is 0.560. The lowest BCUT2D eigenvalue weighted by molar-refractivity contribution is -0.214. The molecule has 0 aromatic carbocycles. The number of esters is 1. The third kappa shape index (κ3) is 6.41. The minimum Gasteiger partial charge on any atom is -0.481 e. The van der Waals surface area contributed by atoms with E-state index < -0.39 is 28.9 Å². The van der Waals surface area contributed by atoms with Crippen LogP contribution in [0.4, 0.5) is 0 Å². The van der Waals surface area contributed by atoms with Crippen LogP contribution in [0.5, 0.6) is 0 Å². The van der Waals surface area contributed by atoms with E-state index in [2.05, 4.69) is 51.8 Å². The summed E-state index contributed by atoms with van der Waals surface area (Å²) in [6.07, 6.45) is 8.88. The molecule has 0 bridgehead atoms. The quantitative estimate of drug-likeness (QED) is 0.206. The number of aliphatic hydroxyl groups is 1. The average Bonchev–Trinajstić information content (AvgIpc) is 3.36. The number of carbonyl (C=O) groups is 3. The fourth-order valence-corrected chi connectivity index (χ4v) is 12.8. The lowest BCUT2D eigenvalue weighted by Crippen LogP contribution is -2.63. The number of fused-ring (bicyclic) bond motifs is 7. The van der Waals surface area contributed by atoms with Gasteiger partial charge in [0.25, 0.3) is 0 Å². The Balaban J connectivity index is 1.23. The van der Waals surface area contributed by atoms with Crippen LogP contribution in [0.1, 0.15) is 125 Å². The van der Waals surface area contributed by atoms with Crippen molar-refractivity contribution in [2.24, 2.45) is 56.7 Å². The van der Waals surface area contributed by atoms with E-state index in [9.17, 15) is 24.6 Å². The molecule has 1 aromatic rings. The molecular weight excluding hydrogens is 664 g/mol. The van der Waals surface area contributed by atoms with Gasteiger partial charge in [-0.3, -0.25) is 19.4 Å². The molecule has 0 radical (unpaired) electrons. The third-order valence-electron chi connectivity index (χ3n) is 15.1. The predicted octanol–water partition coefficient (Wildman–Crippen LogP) is 8.19. The lowest BCUT2D eigenvalue weighted by Gasteiger charge is -2.69. The second-order valence-electron chi connectivity index (χ2n) is 19.0. The van der Waals surface area contributed by atoms with Crippen LogP contribution in [-0.2, 0) is 25.7 Å². The summed E-state index contributed by atoms with van der Waals surface area (Å²) >= 11 is 6.03. The minimum atomic E-state index is -1.16. The van der Waals surface area contributed by atoms with E-state index in [1.54, 1.807) is 20.0 Å². The number of carbonyl (C=O) groups excluding carboxylic acids is 2. The zero-order valence-electron chi connectivity index (χ0n) is 32.1. The van der Waals surface area contributed by atoms with E-state index >= 15 is 0 Å². The number of nitrogens with one attached hydrogen (secondary N) is 1. The SMILES string of the molecule is CC(C)C1=C2C3CCC4C(C)(CCC5C(C)(C)C(OC(=O)CC(C)(C)C(=O)O)CCC54C)C3CCC2([C@@H](O)CNCc2ccc(Cl)cn2)CC1=O. The van der Waals surface area contributed by atoms with Crippen LogP contribution in [0.3, 0.4) is 0 Å². The Hall–Kier alpha value is -2.29. The fraction of sp³-hybridized carbons (Fsp3) is 0.762. The molecule has 6 rings (SSSR count). The van der Waals surface area contributed by atoms with E-state index in [-0.39, 0.29) is 40.5 Å². The van der Waals surface area contributed by atoms with Gasteiger partial charge in [-0.15, -0.1) is 0 Å². The predicted molar refractivity (Wildman–Crippen MR) is 198 cm³/mol. The zero-order valence-corrected chi connectivity index (χ0v) is 32.9. The van der Waals surface area contributed by atoms with Crippen molar-refractivity contribution in [3.8, 4) is 0 Å². The van der Waals surface area contributed by atoms with Crippen LogP contribution < -0.4 is 5.32 Å². The number of aliphatic hydroxyl groups excluding tert-OH is 1. The number of ketones is 1. The van der Waals surface area contributed by atoms with Crippen molar-refractivity contribution in [1.29, 1.82) is 0 Å². The Labute approximate surface area is 309 Å². The molecule has 8 unspecified atom stereocenters. The first-order valence-electron chi connectivity index (χ1n) is 19.5. The van der Waals surface area contributed by atoms with Gasteiger partial charge in [0.1, 0.15) is 6.10 Å². The number of carboxylic acid groups (broad SMARTS) is 1. The first kappa shape index (κ1) is 38.4. The summed E-state index contributed by atoms with van der Waals surface area (Å²) < 4.78 is 6.14. The molecule has 3 N–H and O–H groups in total. The number of halogens is 1. The summed E-state index contributed by atoms with van der Waals surface area (Å²) in [5, 5.41) is 25.6. The van der Waals surface area contributed by atoms with Crippen LogP contribution in [0.25, 0.3) is 0 Å². The number of carboxylic acids is 1. The molecule has 5 aliphatic rings. The molecule has 1 aromatic heterocycles. The van der Waals surface area contributed by atoms with Gasteiger partial charge in [0.15, 0.2) is 5.78 Å². The van der Waals surface area contributed by atoms with Gasteiger partial charge in [-0.1, -0.05) is 58.7 Å². The maximum Gasteiger partial charge on any atom is 0.309 e. The van der Waals surface area contributed by atoms with E-state index in [0.717, 1.165) is 62.6 Å². The normalized spacial score (nSPS) is 36.5. The van der Waals surface area contributed by atoms with Crippen molar-refractivity contribution < 1.29 is 29.3 Å². The third-order valence-corrected chi connectivity index (χ3v) is 15.3. The molecule has 5 aliphatic carbocycles. The lowest BCUT2D eigenvalue weighted by atomic mass is 9.36. The summed E-state index contributed by atoms with van der Waals surface area (Å²) in [4.78, 5) is 43.1. The van der Waals surface area contributed by atoms with E-state index in [1.807, 2.05) is 12.1 Å². The highest BCUT2D eigenvalue weighted by molar-refractivity contribution is 6.30. The van der Waals surface area contributed by atoms with Crippen LogP contribution in [0, 0.1) is 56.7 Å². The fourth-order valence-electron chi connectivity index (χ4n) is 12.6. The maximum absolute atomic E-state index is 13.9. The summed E-state index contributed by atoms with van der Waals surface area (Å²) in [5.41, 5.74) is 1.39. The van der Waals surface area contributed by atoms with E-state index in [0.29, 0.717) is 48.2 Å². The molecule has 8 nitrogen and oxygen atoms in total. The molecule has 0 spiro atoms. The standard InChI is InChI=1S/C42H61ClN2O6/c1-24(2)35-29(46)19-42(32(47)23-44-22-26-10-9-25(43)21-45-26)18-13-28-27(36(35)42)11-12-31-40(28,7)16-14-30-39(5,6)33(15-17-41(30,31)8)51-34(48)20-38(3,4)37(49)50/h9-10,21,24,27-28,30-33,44,47H,11-20,22-23H2,1-8H3,(H,49,50)/t27?,28?,30?,31?,32-,33?,40?,41?,42?/m0/s1. The average molecular weight is 725 g/mol. The number of rotatable bonds is 10. The van der Waals surface area contributed by atoms with Crippen molar-refractivity contribution in [1.82, 2.24) is 10.3 Å². The Morgan fingerprint density at radius 1 is 1.02 bits per heavy atom. The molecule has 0 saturated heterocycles. The van der Waals surface area contributed by atoms with Gasteiger partial charge < -0.3 is 20.3 Å². The van der Waals surface area contributed by atoms with Crippen molar-refractivity contribution in [2.75, 3.05) is 6.54 Å². The molecule has 4 saturated carbocycles.